The summed E-state index contributed by atoms with van der Waals surface area (Å²) < 4.78 is 20.3. The first-order valence-corrected chi connectivity index (χ1v) is 13.5. The van der Waals surface area contributed by atoms with Crippen LogP contribution in [0, 0.1) is 0 Å². The van der Waals surface area contributed by atoms with Gasteiger partial charge in [-0.3, -0.25) is 0 Å². The second-order valence-electron chi connectivity index (χ2n) is 10.3. The van der Waals surface area contributed by atoms with Crippen molar-refractivity contribution in [3.63, 3.8) is 0 Å². The van der Waals surface area contributed by atoms with Crippen LogP contribution < -0.4 is 19.4 Å². The second kappa shape index (κ2) is 11.4. The molecule has 1 aliphatic carbocycles. The number of aromatic amines is 1. The number of fused-ring (bicyclic) bond motifs is 1. The summed E-state index contributed by atoms with van der Waals surface area (Å²) in [6.07, 6.45) is 6.72. The van der Waals surface area contributed by atoms with Crippen LogP contribution in [0.5, 0.6) is 11.5 Å². The molecule has 5 rings (SSSR count). The van der Waals surface area contributed by atoms with Crippen molar-refractivity contribution >= 4 is 17.0 Å². The predicted octanol–water partition coefficient (Wildman–Crippen LogP) is 5.51. The smallest absolute Gasteiger partial charge is 0.294 e. The number of imidazole rings is 1. The van der Waals surface area contributed by atoms with E-state index >= 15 is 0 Å². The van der Waals surface area contributed by atoms with Gasteiger partial charge in [-0.2, -0.15) is 0 Å². The summed E-state index contributed by atoms with van der Waals surface area (Å²) in [7, 11) is 1.69. The van der Waals surface area contributed by atoms with Crippen LogP contribution in [-0.2, 0) is 23.5 Å². The van der Waals surface area contributed by atoms with Gasteiger partial charge in [0.05, 0.1) is 26.4 Å². The molecule has 4 aromatic rings. The number of anilines is 1. The molecular formula is C30H38N5O3+. The third-order valence-electron chi connectivity index (χ3n) is 7.05. The Kier molecular flexibility index (Phi) is 7.79. The molecule has 1 aliphatic rings. The molecule has 2 aromatic carbocycles. The summed E-state index contributed by atoms with van der Waals surface area (Å²) in [6.45, 7) is 7.98. The SMILES string of the molecule is CCNc1nc[n+](Cc2ccc(OC)c(OC3CCCC3)c2)c2nc(C(C)(C)OCc3ccccc3)[nH]c12. The van der Waals surface area contributed by atoms with Crippen LogP contribution in [0.4, 0.5) is 5.82 Å². The third kappa shape index (κ3) is 5.75. The molecule has 0 spiro atoms. The Hall–Kier alpha value is -3.65. The van der Waals surface area contributed by atoms with Gasteiger partial charge in [0, 0.05) is 6.54 Å². The van der Waals surface area contributed by atoms with Crippen molar-refractivity contribution < 1.29 is 18.8 Å². The van der Waals surface area contributed by atoms with E-state index in [1.165, 1.54) is 12.8 Å². The number of methoxy groups -OCH3 is 1. The number of H-pyrrole nitrogens is 1. The van der Waals surface area contributed by atoms with E-state index in [4.69, 9.17) is 24.2 Å². The molecule has 0 atom stereocenters. The Morgan fingerprint density at radius 1 is 1.05 bits per heavy atom. The Morgan fingerprint density at radius 3 is 2.58 bits per heavy atom. The first kappa shape index (κ1) is 26.0. The molecular weight excluding hydrogens is 478 g/mol. The van der Waals surface area contributed by atoms with Crippen LogP contribution in [0.15, 0.2) is 54.9 Å². The fourth-order valence-electron chi connectivity index (χ4n) is 4.89. The zero-order valence-corrected chi connectivity index (χ0v) is 22.8. The van der Waals surface area contributed by atoms with E-state index in [1.54, 1.807) is 7.11 Å². The van der Waals surface area contributed by atoms with Crippen molar-refractivity contribution in [2.45, 2.75) is 71.3 Å². The Morgan fingerprint density at radius 2 is 1.84 bits per heavy atom. The maximum absolute atomic E-state index is 6.33. The van der Waals surface area contributed by atoms with Crippen molar-refractivity contribution in [3.05, 3.63) is 71.8 Å². The van der Waals surface area contributed by atoms with Crippen LogP contribution in [0.1, 0.15) is 63.4 Å². The van der Waals surface area contributed by atoms with Gasteiger partial charge in [-0.05, 0) is 69.7 Å². The molecule has 0 unspecified atom stereocenters. The second-order valence-corrected chi connectivity index (χ2v) is 10.3. The molecule has 1 fully saturated rings. The summed E-state index contributed by atoms with van der Waals surface area (Å²) in [4.78, 5) is 13.2. The van der Waals surface area contributed by atoms with E-state index < -0.39 is 5.60 Å². The summed E-state index contributed by atoms with van der Waals surface area (Å²) in [5, 5.41) is 3.36. The van der Waals surface area contributed by atoms with E-state index in [0.717, 1.165) is 64.8 Å². The highest BCUT2D eigenvalue weighted by Crippen LogP contribution is 2.33. The van der Waals surface area contributed by atoms with Crippen LogP contribution in [0.2, 0.25) is 0 Å². The average Bonchev–Trinajstić information content (AvgIpc) is 3.61. The standard InChI is InChI=1S/C30H37N5O3/c1-5-31-27-26-28(34-29(33-26)30(2,3)37-19-21-11-7-6-8-12-21)35(20-32-27)18-22-15-16-24(36-4)25(17-22)38-23-13-9-10-14-23/h6-8,11-12,15-17,20,23H,5,9-10,13-14,18-19H2,1-4H3,(H,31,33,34)/p+1. The average molecular weight is 517 g/mol. The molecule has 2 aromatic heterocycles. The van der Waals surface area contributed by atoms with Crippen LogP contribution >= 0.6 is 0 Å². The Labute approximate surface area is 224 Å². The summed E-state index contributed by atoms with van der Waals surface area (Å²) in [5.74, 6) is 3.08. The number of aromatic nitrogens is 4. The summed E-state index contributed by atoms with van der Waals surface area (Å²) in [6, 6.07) is 16.3. The molecule has 2 heterocycles. The monoisotopic (exact) mass is 516 g/mol. The van der Waals surface area contributed by atoms with Gasteiger partial charge in [-0.1, -0.05) is 46.4 Å². The van der Waals surface area contributed by atoms with Crippen molar-refractivity contribution in [2.24, 2.45) is 0 Å². The lowest BCUT2D eigenvalue weighted by atomic mass is 10.1. The van der Waals surface area contributed by atoms with Gasteiger partial charge in [0.15, 0.2) is 17.0 Å². The Bertz CT molecular complexity index is 1360. The minimum Gasteiger partial charge on any atom is -0.493 e. The Balaban J connectivity index is 1.44. The summed E-state index contributed by atoms with van der Waals surface area (Å²) in [5.41, 5.74) is 3.26. The van der Waals surface area contributed by atoms with Gasteiger partial charge in [0.2, 0.25) is 18.0 Å². The molecule has 1 saturated carbocycles. The molecule has 38 heavy (non-hydrogen) atoms. The highest BCUT2D eigenvalue weighted by molar-refractivity contribution is 5.80. The van der Waals surface area contributed by atoms with E-state index in [9.17, 15) is 0 Å². The fraction of sp³-hybridized carbons (Fsp3) is 0.433. The predicted molar refractivity (Wildman–Crippen MR) is 147 cm³/mol. The lowest BCUT2D eigenvalue weighted by molar-refractivity contribution is -0.667. The fourth-order valence-corrected chi connectivity index (χ4v) is 4.89. The number of nitrogens with one attached hydrogen (secondary N) is 2. The molecule has 2 N–H and O–H groups in total. The molecule has 0 aliphatic heterocycles. The lowest BCUT2D eigenvalue weighted by Crippen LogP contribution is -2.36. The zero-order valence-electron chi connectivity index (χ0n) is 22.8. The highest BCUT2D eigenvalue weighted by atomic mass is 16.5. The zero-order chi connectivity index (χ0) is 26.5. The topological polar surface area (TPSA) is 85.2 Å². The van der Waals surface area contributed by atoms with Crippen molar-refractivity contribution in [3.8, 4) is 11.5 Å². The number of nitrogens with zero attached hydrogens (tertiary/aromatic N) is 3. The quantitative estimate of drug-likeness (QED) is 0.256. The van der Waals surface area contributed by atoms with E-state index in [0.29, 0.717) is 13.2 Å². The summed E-state index contributed by atoms with van der Waals surface area (Å²) >= 11 is 0. The first-order valence-electron chi connectivity index (χ1n) is 13.5. The van der Waals surface area contributed by atoms with Gasteiger partial charge in [-0.25, -0.2) is 4.57 Å². The number of hydrogen-bond acceptors (Lipinski definition) is 6. The maximum atomic E-state index is 6.33. The van der Waals surface area contributed by atoms with Crippen molar-refractivity contribution in [1.29, 1.82) is 0 Å². The van der Waals surface area contributed by atoms with Crippen LogP contribution in [0.3, 0.4) is 0 Å². The van der Waals surface area contributed by atoms with E-state index in [1.807, 2.05) is 44.4 Å². The first-order chi connectivity index (χ1) is 18.5. The molecule has 0 radical (unpaired) electrons. The van der Waals surface area contributed by atoms with Gasteiger partial charge in [0.25, 0.3) is 5.65 Å². The maximum Gasteiger partial charge on any atom is 0.294 e. The minimum atomic E-state index is -0.626. The number of benzene rings is 2. The van der Waals surface area contributed by atoms with Gasteiger partial charge in [-0.15, -0.1) is 0 Å². The molecule has 8 nitrogen and oxygen atoms in total. The third-order valence-corrected chi connectivity index (χ3v) is 7.05. The number of hydrogen-bond donors (Lipinski definition) is 2. The van der Waals surface area contributed by atoms with Gasteiger partial charge >= 0.3 is 0 Å². The van der Waals surface area contributed by atoms with E-state index in [2.05, 4.69) is 46.1 Å². The minimum absolute atomic E-state index is 0.256. The van der Waals surface area contributed by atoms with Gasteiger partial charge in [0.1, 0.15) is 5.60 Å². The normalized spacial score (nSPS) is 14.2. The molecule has 8 heteroatoms. The molecule has 200 valence electrons. The van der Waals surface area contributed by atoms with Gasteiger partial charge < -0.3 is 24.5 Å². The molecule has 0 bridgehead atoms. The largest absolute Gasteiger partial charge is 0.493 e. The van der Waals surface area contributed by atoms with Crippen molar-refractivity contribution in [2.75, 3.05) is 19.0 Å². The van der Waals surface area contributed by atoms with E-state index in [-0.39, 0.29) is 6.10 Å². The number of rotatable bonds is 11. The lowest BCUT2D eigenvalue weighted by Gasteiger charge is -2.21. The van der Waals surface area contributed by atoms with Crippen molar-refractivity contribution in [1.82, 2.24) is 15.0 Å². The van der Waals surface area contributed by atoms with Crippen LogP contribution in [-0.4, -0.2) is 34.7 Å². The molecule has 0 saturated heterocycles. The number of ether oxygens (including phenoxy) is 3. The van der Waals surface area contributed by atoms with Crippen LogP contribution in [0.25, 0.3) is 11.2 Å². The molecule has 0 amide bonds. The highest BCUT2D eigenvalue weighted by Gasteiger charge is 2.31.